The minimum Gasteiger partial charge on any atom is -0.480 e. The molecule has 1 N–H and O–H groups in total. The molecule has 0 aliphatic carbocycles. The number of ether oxygens (including phenoxy) is 1. The van der Waals surface area contributed by atoms with Crippen molar-refractivity contribution in [2.75, 3.05) is 19.8 Å². The number of hydrogen-bond donors (Lipinski definition) is 1. The van der Waals surface area contributed by atoms with Crippen LogP contribution in [0.3, 0.4) is 0 Å². The third-order valence-corrected chi connectivity index (χ3v) is 3.54. The highest BCUT2D eigenvalue weighted by molar-refractivity contribution is 9.10. The van der Waals surface area contributed by atoms with Crippen LogP contribution in [0.25, 0.3) is 11.7 Å². The summed E-state index contributed by atoms with van der Waals surface area (Å²) >= 11 is 3.20. The second kappa shape index (κ2) is 5.96. The van der Waals surface area contributed by atoms with Crippen molar-refractivity contribution in [1.29, 1.82) is 0 Å². The van der Waals surface area contributed by atoms with Crippen LogP contribution in [0.15, 0.2) is 25.6 Å². The molecule has 8 nitrogen and oxygen atoms in total. The van der Waals surface area contributed by atoms with Gasteiger partial charge in [0.25, 0.3) is 5.89 Å². The fourth-order valence-corrected chi connectivity index (χ4v) is 2.38. The summed E-state index contributed by atoms with van der Waals surface area (Å²) in [6.45, 7) is 1.40. The van der Waals surface area contributed by atoms with Crippen LogP contribution in [0, 0.1) is 0 Å². The van der Waals surface area contributed by atoms with E-state index in [2.05, 4.69) is 26.1 Å². The van der Waals surface area contributed by atoms with Crippen LogP contribution in [0.4, 0.5) is 0 Å². The minimum atomic E-state index is -0.926. The van der Waals surface area contributed by atoms with E-state index in [1.165, 1.54) is 0 Å². The second-order valence-corrected chi connectivity index (χ2v) is 5.29. The number of nitrogens with zero attached hydrogens (tertiary/aromatic N) is 3. The van der Waals surface area contributed by atoms with Crippen LogP contribution < -0.4 is 0 Å². The molecule has 0 radical (unpaired) electrons. The average Bonchev–Trinajstić information content (AvgIpc) is 3.08. The lowest BCUT2D eigenvalue weighted by molar-refractivity contribution is -0.150. The molecule has 21 heavy (non-hydrogen) atoms. The third kappa shape index (κ3) is 3.14. The van der Waals surface area contributed by atoms with E-state index in [-0.39, 0.29) is 19.0 Å². The number of aliphatic carboxylic acids is 1. The first-order chi connectivity index (χ1) is 10.1. The van der Waals surface area contributed by atoms with E-state index in [0.717, 1.165) is 0 Å². The lowest BCUT2D eigenvalue weighted by atomic mass is 10.2. The van der Waals surface area contributed by atoms with Gasteiger partial charge in [-0.05, 0) is 28.1 Å². The summed E-state index contributed by atoms with van der Waals surface area (Å²) in [4.78, 5) is 12.9. The average molecular weight is 358 g/mol. The molecule has 0 spiro atoms. The summed E-state index contributed by atoms with van der Waals surface area (Å²) < 4.78 is 16.6. The summed E-state index contributed by atoms with van der Waals surface area (Å²) in [5, 5.41) is 17.0. The third-order valence-electron chi connectivity index (χ3n) is 3.11. The fourth-order valence-electron chi connectivity index (χ4n) is 2.07. The first-order valence-electron chi connectivity index (χ1n) is 6.26. The number of rotatable bonds is 4. The lowest BCUT2D eigenvalue weighted by Crippen LogP contribution is -2.49. The van der Waals surface area contributed by atoms with Crippen molar-refractivity contribution < 1.29 is 23.5 Å². The van der Waals surface area contributed by atoms with Gasteiger partial charge >= 0.3 is 5.97 Å². The van der Waals surface area contributed by atoms with Gasteiger partial charge in [-0.1, -0.05) is 0 Å². The van der Waals surface area contributed by atoms with Gasteiger partial charge in [-0.25, -0.2) is 0 Å². The highest BCUT2D eigenvalue weighted by atomic mass is 79.9. The van der Waals surface area contributed by atoms with Gasteiger partial charge in [0, 0.05) is 6.54 Å². The smallest absolute Gasteiger partial charge is 0.323 e. The van der Waals surface area contributed by atoms with Crippen LogP contribution >= 0.6 is 15.9 Å². The van der Waals surface area contributed by atoms with E-state index >= 15 is 0 Å². The predicted molar refractivity (Wildman–Crippen MR) is 72.4 cm³/mol. The Hall–Kier alpha value is -1.71. The van der Waals surface area contributed by atoms with E-state index in [1.54, 1.807) is 17.0 Å². The first kappa shape index (κ1) is 14.2. The molecule has 1 fully saturated rings. The number of aromatic nitrogens is 2. The fraction of sp³-hybridized carbons (Fsp3) is 0.417. The Bertz CT molecular complexity index is 640. The Morgan fingerprint density at radius 2 is 2.29 bits per heavy atom. The van der Waals surface area contributed by atoms with Gasteiger partial charge in [0.15, 0.2) is 10.4 Å². The quantitative estimate of drug-likeness (QED) is 0.875. The molecule has 1 atom stereocenters. The zero-order valence-electron chi connectivity index (χ0n) is 10.9. The topological polar surface area (TPSA) is 102 Å². The molecule has 112 valence electrons. The van der Waals surface area contributed by atoms with Crippen LogP contribution in [0.2, 0.25) is 0 Å². The lowest BCUT2D eigenvalue weighted by Gasteiger charge is -2.31. The van der Waals surface area contributed by atoms with E-state index in [1.807, 2.05) is 0 Å². The van der Waals surface area contributed by atoms with E-state index < -0.39 is 12.0 Å². The van der Waals surface area contributed by atoms with Crippen molar-refractivity contribution in [2.24, 2.45) is 0 Å². The normalized spacial score (nSPS) is 19.8. The largest absolute Gasteiger partial charge is 0.480 e. The van der Waals surface area contributed by atoms with Gasteiger partial charge in [0.1, 0.15) is 6.04 Å². The number of furan rings is 1. The highest BCUT2D eigenvalue weighted by Gasteiger charge is 2.30. The summed E-state index contributed by atoms with van der Waals surface area (Å²) in [7, 11) is 0. The Morgan fingerprint density at radius 1 is 1.43 bits per heavy atom. The maximum Gasteiger partial charge on any atom is 0.323 e. The number of carboxylic acid groups (broad SMARTS) is 1. The Kier molecular flexibility index (Phi) is 4.04. The van der Waals surface area contributed by atoms with Gasteiger partial charge in [-0.2, -0.15) is 0 Å². The summed E-state index contributed by atoms with van der Waals surface area (Å²) in [6.07, 6.45) is 0. The van der Waals surface area contributed by atoms with Crippen LogP contribution in [0.5, 0.6) is 0 Å². The van der Waals surface area contributed by atoms with Crippen LogP contribution in [-0.2, 0) is 16.1 Å². The molecule has 1 saturated heterocycles. The minimum absolute atomic E-state index is 0.154. The van der Waals surface area contributed by atoms with Crippen molar-refractivity contribution in [2.45, 2.75) is 12.6 Å². The van der Waals surface area contributed by atoms with Crippen LogP contribution in [0.1, 0.15) is 5.89 Å². The molecule has 2 aromatic rings. The van der Waals surface area contributed by atoms with E-state index in [0.29, 0.717) is 29.5 Å². The predicted octanol–water partition coefficient (Wildman–Crippen LogP) is 1.38. The zero-order valence-corrected chi connectivity index (χ0v) is 12.4. The Morgan fingerprint density at radius 3 is 3.00 bits per heavy atom. The molecule has 0 saturated carbocycles. The Labute approximate surface area is 127 Å². The number of morpholine rings is 1. The number of halogens is 1. The molecule has 2 aromatic heterocycles. The summed E-state index contributed by atoms with van der Waals surface area (Å²) in [5.74, 6) is 0.128. The molecular weight excluding hydrogens is 346 g/mol. The monoisotopic (exact) mass is 357 g/mol. The number of carboxylic acids is 1. The first-order valence-corrected chi connectivity index (χ1v) is 7.05. The summed E-state index contributed by atoms with van der Waals surface area (Å²) in [6, 6.07) is 2.73. The van der Waals surface area contributed by atoms with Gasteiger partial charge < -0.3 is 18.7 Å². The van der Waals surface area contributed by atoms with Gasteiger partial charge in [-0.3, -0.25) is 9.69 Å². The molecule has 3 heterocycles. The maximum absolute atomic E-state index is 11.2. The molecule has 3 rings (SSSR count). The van der Waals surface area contributed by atoms with E-state index in [9.17, 15) is 4.79 Å². The molecule has 0 amide bonds. The molecule has 1 aliphatic heterocycles. The SMILES string of the molecule is O=C(O)C1COCCN1Cc1nnc(-c2ccc(Br)o2)o1. The van der Waals surface area contributed by atoms with Crippen molar-refractivity contribution in [1.82, 2.24) is 15.1 Å². The van der Waals surface area contributed by atoms with Crippen LogP contribution in [-0.4, -0.2) is 52.0 Å². The molecule has 1 unspecified atom stereocenters. The van der Waals surface area contributed by atoms with Crippen molar-refractivity contribution in [3.8, 4) is 11.7 Å². The molecule has 9 heteroatoms. The van der Waals surface area contributed by atoms with Gasteiger partial charge in [-0.15, -0.1) is 10.2 Å². The van der Waals surface area contributed by atoms with Crippen molar-refractivity contribution in [3.63, 3.8) is 0 Å². The summed E-state index contributed by atoms with van der Waals surface area (Å²) in [5.41, 5.74) is 0. The van der Waals surface area contributed by atoms with Crippen molar-refractivity contribution >= 4 is 21.9 Å². The standard InChI is InChI=1S/C12H12BrN3O5/c13-9-2-1-8(20-9)11-15-14-10(21-11)5-16-3-4-19-6-7(16)12(17)18/h1-2,7H,3-6H2,(H,17,18). The highest BCUT2D eigenvalue weighted by Crippen LogP contribution is 2.24. The molecule has 0 bridgehead atoms. The second-order valence-electron chi connectivity index (χ2n) is 4.50. The zero-order chi connectivity index (χ0) is 14.8. The van der Waals surface area contributed by atoms with Gasteiger partial charge in [0.05, 0.1) is 19.8 Å². The molecular formula is C12H12BrN3O5. The van der Waals surface area contributed by atoms with Crippen molar-refractivity contribution in [3.05, 3.63) is 22.7 Å². The number of carbonyl (C=O) groups is 1. The number of hydrogen-bond acceptors (Lipinski definition) is 7. The molecule has 0 aromatic carbocycles. The molecule has 1 aliphatic rings. The van der Waals surface area contributed by atoms with E-state index in [4.69, 9.17) is 18.7 Å². The maximum atomic E-state index is 11.2. The van der Waals surface area contributed by atoms with Gasteiger partial charge in [0.2, 0.25) is 5.89 Å². The Balaban J connectivity index is 1.73.